The van der Waals surface area contributed by atoms with E-state index in [-0.39, 0.29) is 17.6 Å². The number of carbonyl (C=O) groups is 2. The number of para-hydroxylation sites is 1. The third-order valence-corrected chi connectivity index (χ3v) is 4.70. The topological polar surface area (TPSA) is 74.0 Å². The van der Waals surface area contributed by atoms with Crippen molar-refractivity contribution in [3.8, 4) is 0 Å². The van der Waals surface area contributed by atoms with E-state index in [1.807, 2.05) is 24.3 Å². The third kappa shape index (κ3) is 2.65. The number of hydrogen-bond acceptors (Lipinski definition) is 2. The van der Waals surface area contributed by atoms with Crippen molar-refractivity contribution >= 4 is 22.7 Å². The molecule has 0 saturated heterocycles. The first-order valence-electron chi connectivity index (χ1n) is 8.03. The van der Waals surface area contributed by atoms with Crippen molar-refractivity contribution in [1.29, 1.82) is 0 Å². The number of fused-ring (bicyclic) bond motifs is 1. The summed E-state index contributed by atoms with van der Waals surface area (Å²) in [5, 5.41) is 0.786. The number of amides is 2. The first-order valence-corrected chi connectivity index (χ1v) is 8.03. The molecular formula is C19H16FN3O2. The molecule has 0 spiro atoms. The van der Waals surface area contributed by atoms with Gasteiger partial charge in [0.05, 0.1) is 11.0 Å². The zero-order valence-electron chi connectivity index (χ0n) is 13.3. The molecule has 1 aromatic heterocycles. The highest BCUT2D eigenvalue weighted by Gasteiger charge is 2.51. The number of carbonyl (C=O) groups excluding carboxylic acids is 2. The zero-order chi connectivity index (χ0) is 17.4. The van der Waals surface area contributed by atoms with Crippen LogP contribution in [0.1, 0.15) is 28.8 Å². The lowest BCUT2D eigenvalue weighted by Gasteiger charge is -2.16. The molecule has 0 radical (unpaired) electrons. The van der Waals surface area contributed by atoms with Gasteiger partial charge in [-0.15, -0.1) is 0 Å². The number of H-pyrrole nitrogens is 1. The molecule has 6 heteroatoms. The molecule has 1 saturated carbocycles. The fraction of sp³-hybridized carbons (Fsp3) is 0.158. The van der Waals surface area contributed by atoms with Crippen molar-refractivity contribution in [1.82, 2.24) is 15.8 Å². The molecule has 2 amide bonds. The van der Waals surface area contributed by atoms with E-state index in [1.54, 1.807) is 18.3 Å². The van der Waals surface area contributed by atoms with E-state index in [4.69, 9.17) is 0 Å². The van der Waals surface area contributed by atoms with Crippen LogP contribution in [0.5, 0.6) is 0 Å². The second-order valence-corrected chi connectivity index (χ2v) is 6.25. The van der Waals surface area contributed by atoms with Crippen molar-refractivity contribution in [2.24, 2.45) is 0 Å². The maximum Gasteiger partial charge on any atom is 0.271 e. The highest BCUT2D eigenvalue weighted by atomic mass is 19.1. The molecule has 2 aromatic carbocycles. The van der Waals surface area contributed by atoms with Gasteiger partial charge in [-0.1, -0.05) is 30.3 Å². The summed E-state index contributed by atoms with van der Waals surface area (Å²) in [5.74, 6) is -1.01. The normalized spacial score (nSPS) is 14.9. The Balaban J connectivity index is 1.47. The molecule has 1 aliphatic rings. The van der Waals surface area contributed by atoms with Crippen LogP contribution in [-0.2, 0) is 10.2 Å². The quantitative estimate of drug-likeness (QED) is 0.643. The minimum absolute atomic E-state index is 0.285. The number of benzene rings is 2. The summed E-state index contributed by atoms with van der Waals surface area (Å²) in [4.78, 5) is 27.9. The number of aromatic nitrogens is 1. The Morgan fingerprint density at radius 1 is 1.00 bits per heavy atom. The molecule has 0 atom stereocenters. The molecule has 1 aliphatic carbocycles. The van der Waals surface area contributed by atoms with Gasteiger partial charge in [0.15, 0.2) is 0 Å². The number of hydrazine groups is 1. The largest absolute Gasteiger partial charge is 0.360 e. The van der Waals surface area contributed by atoms with Crippen LogP contribution in [0.4, 0.5) is 4.39 Å². The summed E-state index contributed by atoms with van der Waals surface area (Å²) in [6, 6.07) is 13.3. The van der Waals surface area contributed by atoms with Gasteiger partial charge in [-0.25, -0.2) is 4.39 Å². The van der Waals surface area contributed by atoms with Gasteiger partial charge in [-0.3, -0.25) is 20.4 Å². The number of hydrogen-bond donors (Lipinski definition) is 3. The number of halogens is 1. The van der Waals surface area contributed by atoms with Crippen LogP contribution in [-0.4, -0.2) is 16.8 Å². The SMILES string of the molecule is O=C(NNC(=O)C1(c2ccc(F)cc2)CC1)c1c[nH]c2ccccc12. The van der Waals surface area contributed by atoms with Crippen LogP contribution in [0.3, 0.4) is 0 Å². The number of rotatable bonds is 3. The van der Waals surface area contributed by atoms with Gasteiger partial charge in [0, 0.05) is 17.1 Å². The molecule has 0 aliphatic heterocycles. The molecule has 3 N–H and O–H groups in total. The minimum Gasteiger partial charge on any atom is -0.360 e. The van der Waals surface area contributed by atoms with Crippen molar-refractivity contribution in [3.63, 3.8) is 0 Å². The average Bonchev–Trinajstić information content (AvgIpc) is 3.33. The first-order chi connectivity index (χ1) is 12.1. The summed E-state index contributed by atoms with van der Waals surface area (Å²) in [6.45, 7) is 0. The molecule has 0 unspecified atom stereocenters. The van der Waals surface area contributed by atoms with E-state index < -0.39 is 5.41 Å². The smallest absolute Gasteiger partial charge is 0.271 e. The maximum atomic E-state index is 13.1. The first kappa shape index (κ1) is 15.4. The van der Waals surface area contributed by atoms with Crippen LogP contribution in [0.15, 0.2) is 54.7 Å². The summed E-state index contributed by atoms with van der Waals surface area (Å²) < 4.78 is 13.1. The van der Waals surface area contributed by atoms with Crippen molar-refractivity contribution < 1.29 is 14.0 Å². The minimum atomic E-state index is -0.679. The predicted molar refractivity (Wildman–Crippen MR) is 91.2 cm³/mol. The van der Waals surface area contributed by atoms with Crippen LogP contribution in [0, 0.1) is 5.82 Å². The Labute approximate surface area is 143 Å². The molecule has 1 heterocycles. The third-order valence-electron chi connectivity index (χ3n) is 4.70. The predicted octanol–water partition coefficient (Wildman–Crippen LogP) is 2.80. The molecule has 5 nitrogen and oxygen atoms in total. The lowest BCUT2D eigenvalue weighted by atomic mass is 9.95. The van der Waals surface area contributed by atoms with Crippen LogP contribution in [0.25, 0.3) is 10.9 Å². The molecule has 3 aromatic rings. The van der Waals surface area contributed by atoms with Crippen LogP contribution < -0.4 is 10.9 Å². The lowest BCUT2D eigenvalue weighted by Crippen LogP contribution is -2.46. The van der Waals surface area contributed by atoms with E-state index in [1.165, 1.54) is 12.1 Å². The van der Waals surface area contributed by atoms with E-state index in [2.05, 4.69) is 15.8 Å². The van der Waals surface area contributed by atoms with Crippen LogP contribution in [0.2, 0.25) is 0 Å². The number of nitrogens with one attached hydrogen (secondary N) is 3. The number of aromatic amines is 1. The van der Waals surface area contributed by atoms with E-state index >= 15 is 0 Å². The standard InChI is InChI=1S/C19H16FN3O2/c20-13-7-5-12(6-8-13)19(9-10-19)18(25)23-22-17(24)15-11-21-16-4-2-1-3-14(15)16/h1-8,11,21H,9-10H2,(H,22,24)(H,23,25). The van der Waals surface area contributed by atoms with Gasteiger partial charge in [0.2, 0.25) is 5.91 Å². The van der Waals surface area contributed by atoms with Crippen molar-refractivity contribution in [2.75, 3.05) is 0 Å². The van der Waals surface area contributed by atoms with Gasteiger partial charge in [-0.05, 0) is 36.6 Å². The van der Waals surface area contributed by atoms with Gasteiger partial charge >= 0.3 is 0 Å². The summed E-state index contributed by atoms with van der Waals surface area (Å²) >= 11 is 0. The van der Waals surface area contributed by atoms with Gasteiger partial charge < -0.3 is 4.98 Å². The monoisotopic (exact) mass is 337 g/mol. The fourth-order valence-electron chi connectivity index (χ4n) is 3.10. The molecule has 25 heavy (non-hydrogen) atoms. The van der Waals surface area contributed by atoms with Crippen molar-refractivity contribution in [2.45, 2.75) is 18.3 Å². The van der Waals surface area contributed by atoms with Crippen LogP contribution >= 0.6 is 0 Å². The Bertz CT molecular complexity index is 958. The van der Waals surface area contributed by atoms with Gasteiger partial charge in [0.25, 0.3) is 5.91 Å². The highest BCUT2D eigenvalue weighted by Crippen LogP contribution is 2.48. The Morgan fingerprint density at radius 3 is 2.44 bits per heavy atom. The summed E-state index contributed by atoms with van der Waals surface area (Å²) in [7, 11) is 0. The molecule has 0 bridgehead atoms. The van der Waals surface area contributed by atoms with Crippen molar-refractivity contribution in [3.05, 3.63) is 71.7 Å². The molecular weight excluding hydrogens is 321 g/mol. The van der Waals surface area contributed by atoms with E-state index in [0.29, 0.717) is 18.4 Å². The maximum absolute atomic E-state index is 13.1. The Kier molecular flexibility index (Phi) is 3.53. The second kappa shape index (κ2) is 5.73. The summed E-state index contributed by atoms with van der Waals surface area (Å²) in [5.41, 5.74) is 6.37. The molecule has 4 rings (SSSR count). The lowest BCUT2D eigenvalue weighted by molar-refractivity contribution is -0.124. The van der Waals surface area contributed by atoms with Gasteiger partial charge in [0.1, 0.15) is 5.82 Å². The fourth-order valence-corrected chi connectivity index (χ4v) is 3.10. The van der Waals surface area contributed by atoms with Gasteiger partial charge in [-0.2, -0.15) is 0 Å². The highest BCUT2D eigenvalue weighted by molar-refractivity contribution is 6.07. The van der Waals surface area contributed by atoms with E-state index in [0.717, 1.165) is 16.5 Å². The average molecular weight is 337 g/mol. The molecule has 1 fully saturated rings. The van der Waals surface area contributed by atoms with E-state index in [9.17, 15) is 14.0 Å². The Hall–Kier alpha value is -3.15. The molecule has 126 valence electrons. The zero-order valence-corrected chi connectivity index (χ0v) is 13.3. The summed E-state index contributed by atoms with van der Waals surface area (Å²) in [6.07, 6.45) is 2.96. The second-order valence-electron chi connectivity index (χ2n) is 6.25. The Morgan fingerprint density at radius 2 is 1.72 bits per heavy atom.